The van der Waals surface area contributed by atoms with E-state index >= 15 is 0 Å². The number of esters is 2. The third-order valence-corrected chi connectivity index (χ3v) is 19.6. The Hall–Kier alpha value is -8.00. The van der Waals surface area contributed by atoms with Crippen LogP contribution < -0.4 is 0 Å². The van der Waals surface area contributed by atoms with Gasteiger partial charge in [-0.05, 0) is 199 Å². The van der Waals surface area contributed by atoms with Gasteiger partial charge >= 0.3 is 29.8 Å². The molecule has 0 saturated heterocycles. The fraction of sp³-hybridized carbons (Fsp3) is 0.351. The number of benzene rings is 5. The lowest BCUT2D eigenvalue weighted by Gasteiger charge is -2.09. The molecule has 5 aromatic carbocycles. The van der Waals surface area contributed by atoms with Crippen molar-refractivity contribution in [2.45, 2.75) is 140 Å². The summed E-state index contributed by atoms with van der Waals surface area (Å²) in [6.45, 7) is 0. The summed E-state index contributed by atoms with van der Waals surface area (Å²) in [5.74, 6) is -0.783. The second kappa shape index (κ2) is 32.7. The molecule has 0 unspecified atom stereocenters. The average molecular weight is 1460 g/mol. The zero-order valence-electron chi connectivity index (χ0n) is 52.9. The van der Waals surface area contributed by atoms with Crippen molar-refractivity contribution in [3.05, 3.63) is 183 Å². The van der Waals surface area contributed by atoms with Crippen LogP contribution in [0.4, 0.5) is 0 Å². The number of carbonyl (C=O) groups excluding carboxylic acids is 3. The Bertz CT molecular complexity index is 4330. The molecule has 16 nitrogen and oxygen atoms in total. The molecule has 0 amide bonds. The third kappa shape index (κ3) is 16.7. The number of nitrogens with one attached hydrogen (secondary N) is 3. The lowest BCUT2D eigenvalue weighted by molar-refractivity contribution is -0.117. The summed E-state index contributed by atoms with van der Waals surface area (Å²) in [6.07, 6.45) is 33.3. The first kappa shape index (κ1) is 69.3. The molecule has 0 aliphatic heterocycles. The number of aryl methyl sites for hydroxylation is 2. The highest BCUT2D eigenvalue weighted by molar-refractivity contribution is 9.93. The summed E-state index contributed by atoms with van der Waals surface area (Å²) in [6, 6.07) is 29.2. The zero-order chi connectivity index (χ0) is 66.3. The molecule has 10 aromatic rings. The summed E-state index contributed by atoms with van der Waals surface area (Å²) in [5.41, 5.74) is 13.9. The molecule has 15 rings (SSSR count). The largest absolute Gasteiger partial charge is 0.478 e. The predicted molar refractivity (Wildman–Crippen MR) is 379 cm³/mol. The number of allylic oxidation sites excluding steroid dienone is 2. The molecule has 6 N–H and O–H groups in total. The van der Waals surface area contributed by atoms with E-state index in [9.17, 15) is 28.8 Å². The van der Waals surface area contributed by atoms with E-state index in [1.165, 1.54) is 142 Å². The number of hydrogen-bond acceptors (Lipinski definition) is 8. The zero-order valence-corrected chi connectivity index (χ0v) is 57.7. The summed E-state index contributed by atoms with van der Waals surface area (Å²) in [5, 5.41) is 32.4. The van der Waals surface area contributed by atoms with Gasteiger partial charge in [-0.15, -0.1) is 0 Å². The van der Waals surface area contributed by atoms with Gasteiger partial charge in [-0.25, -0.2) is 24.0 Å². The number of Topliss-reactive ketones (excluding diaryl/α,β-unsaturated/α-hetero) is 1. The topological polar surface area (TPSA) is 239 Å². The van der Waals surface area contributed by atoms with Crippen molar-refractivity contribution in [2.75, 3.05) is 14.2 Å². The quantitative estimate of drug-likeness (QED) is 0.0743. The third-order valence-electron chi connectivity index (χ3n) is 18.6. The highest BCUT2D eigenvalue weighted by atomic mass is 80.9. The van der Waals surface area contributed by atoms with E-state index in [1.807, 2.05) is 69.0 Å². The van der Waals surface area contributed by atoms with Crippen molar-refractivity contribution in [3.8, 4) is 0 Å². The van der Waals surface area contributed by atoms with Crippen LogP contribution in [-0.4, -0.2) is 89.3 Å². The SMILES string of the molecule is BrBr.COC(=O)c1ccc2c(C3CCCC3)c(Br)n(C)c2c1.COC(=O)c1ccc2c(C3CCCC3)cn(C)c2c1.O=C(O)c1ccc2c(C3=CCCC3)c[nH]c2c1.O=C(O)c1ccc2c(C3CCCC3)c[nH]c2c1.O=C(O)c1ccc2cc[nH]c2c1.O=C1CCCC1. The minimum atomic E-state index is -0.897. The molecular weight excluding hydrogens is 1370 g/mol. The van der Waals surface area contributed by atoms with Crippen LogP contribution in [0.3, 0.4) is 0 Å². The van der Waals surface area contributed by atoms with Gasteiger partial charge in [-0.3, -0.25) is 4.79 Å². The number of H-pyrrole nitrogens is 3. The van der Waals surface area contributed by atoms with Gasteiger partial charge in [-0.1, -0.05) is 74.9 Å². The number of ketones is 1. The van der Waals surface area contributed by atoms with Crippen LogP contribution >= 0.6 is 44.2 Å². The van der Waals surface area contributed by atoms with E-state index < -0.39 is 17.9 Å². The molecule has 0 atom stereocenters. The molecule has 5 heterocycles. The predicted octanol–water partition coefficient (Wildman–Crippen LogP) is 19.7. The first-order chi connectivity index (χ1) is 45.0. The molecular formula is C74H80Br3N5O11. The Morgan fingerprint density at radius 1 is 0.505 bits per heavy atom. The number of ether oxygens (including phenoxy) is 2. The maximum Gasteiger partial charge on any atom is 0.337 e. The maximum absolute atomic E-state index is 11.7. The van der Waals surface area contributed by atoms with Gasteiger partial charge < -0.3 is 48.9 Å². The van der Waals surface area contributed by atoms with Gasteiger partial charge in [0.05, 0.1) is 46.6 Å². The monoisotopic (exact) mass is 1450 g/mol. The van der Waals surface area contributed by atoms with Gasteiger partial charge in [-0.2, -0.15) is 0 Å². The fourth-order valence-corrected chi connectivity index (χ4v) is 14.5. The van der Waals surface area contributed by atoms with Crippen LogP contribution in [0.1, 0.15) is 214 Å². The number of methoxy groups -OCH3 is 2. The van der Waals surface area contributed by atoms with E-state index in [2.05, 4.69) is 92.7 Å². The van der Waals surface area contributed by atoms with Crippen LogP contribution in [0.15, 0.2) is 133 Å². The lowest BCUT2D eigenvalue weighted by atomic mass is 9.97. The molecule has 4 fully saturated rings. The second-order valence-corrected chi connectivity index (χ2v) is 25.1. The maximum atomic E-state index is 11.7. The Morgan fingerprint density at radius 2 is 0.989 bits per heavy atom. The summed E-state index contributed by atoms with van der Waals surface area (Å²) in [7, 11) is 6.91. The van der Waals surface area contributed by atoms with Crippen molar-refractivity contribution < 1.29 is 53.6 Å². The van der Waals surface area contributed by atoms with Gasteiger partial charge in [0.1, 0.15) is 5.78 Å². The summed E-state index contributed by atoms with van der Waals surface area (Å²) in [4.78, 5) is 75.1. The Balaban J connectivity index is 0.000000134. The molecule has 5 aliphatic carbocycles. The molecule has 5 aromatic heterocycles. The number of carbonyl (C=O) groups is 6. The Labute approximate surface area is 564 Å². The van der Waals surface area contributed by atoms with Gasteiger partial charge in [0, 0.05) is 135 Å². The molecule has 488 valence electrons. The molecule has 0 radical (unpaired) electrons. The van der Waals surface area contributed by atoms with Crippen LogP contribution in [0.25, 0.3) is 60.1 Å². The number of aromatic nitrogens is 5. The highest BCUT2D eigenvalue weighted by Gasteiger charge is 2.27. The first-order valence-electron chi connectivity index (χ1n) is 31.9. The average Bonchev–Trinajstić information content (AvgIpc) is 1.68. The van der Waals surface area contributed by atoms with E-state index in [4.69, 9.17) is 24.8 Å². The summed E-state index contributed by atoms with van der Waals surface area (Å²) >= 11 is 9.23. The van der Waals surface area contributed by atoms with Crippen LogP contribution in [-0.2, 0) is 28.4 Å². The van der Waals surface area contributed by atoms with Gasteiger partial charge in [0.15, 0.2) is 0 Å². The van der Waals surface area contributed by atoms with Crippen molar-refractivity contribution in [2.24, 2.45) is 14.1 Å². The Morgan fingerprint density at radius 3 is 1.53 bits per heavy atom. The van der Waals surface area contributed by atoms with Crippen molar-refractivity contribution >= 4 is 140 Å². The van der Waals surface area contributed by atoms with Gasteiger partial charge in [0.25, 0.3) is 0 Å². The van der Waals surface area contributed by atoms with Crippen LogP contribution in [0.2, 0.25) is 0 Å². The van der Waals surface area contributed by atoms with E-state index in [0.29, 0.717) is 51.4 Å². The highest BCUT2D eigenvalue weighted by Crippen LogP contribution is 2.44. The first-order valence-corrected chi connectivity index (χ1v) is 36.4. The van der Waals surface area contributed by atoms with Crippen LogP contribution in [0.5, 0.6) is 0 Å². The number of rotatable bonds is 9. The fourth-order valence-electron chi connectivity index (χ4n) is 13.8. The van der Waals surface area contributed by atoms with Gasteiger partial charge in [0.2, 0.25) is 0 Å². The number of carboxylic acids is 3. The van der Waals surface area contributed by atoms with Crippen molar-refractivity contribution in [1.82, 2.24) is 24.1 Å². The van der Waals surface area contributed by atoms with Crippen LogP contribution in [0, 0.1) is 0 Å². The van der Waals surface area contributed by atoms with E-state index in [0.717, 1.165) is 81.5 Å². The standard InChI is InChI=1S/C16H18BrNO2.C16H19NO2.C14H15NO2.C14H13NO2.C9H7NO2.C5H8O.Br2/c1-18-13-9-11(16(19)20-2)7-8-12(13)14(15(18)17)10-5-3-4-6-10;1-17-10-14(11-5-3-4-6-11)13-8-7-12(9-15(13)17)16(18)19-2;2*16-14(17)10-5-6-11-12(8-15-13(11)7-10)9-3-1-2-4-9;11-9(12)7-2-1-6-3-4-10-8(6)5-7;6-5-3-1-2-4-5;1-2/h7-10H,3-6H2,1-2H3;7-11H,3-6H2,1-2H3;5-9,15H,1-4H2,(H,16,17);3,5-8,15H,1-2,4H2,(H,16,17);1-5,10H,(H,11,12);1-4H2;. The molecule has 0 bridgehead atoms. The number of aromatic carboxylic acids is 3. The minimum absolute atomic E-state index is 0.273. The molecule has 19 heteroatoms. The smallest absolute Gasteiger partial charge is 0.337 e. The molecule has 0 spiro atoms. The lowest BCUT2D eigenvalue weighted by Crippen LogP contribution is -2.01. The molecule has 4 saturated carbocycles. The van der Waals surface area contributed by atoms with E-state index in [1.54, 1.807) is 48.7 Å². The number of carboxylic acid groups (broad SMARTS) is 3. The van der Waals surface area contributed by atoms with Crippen molar-refractivity contribution in [1.29, 1.82) is 0 Å². The number of nitrogens with zero attached hydrogens (tertiary/aromatic N) is 2. The number of fused-ring (bicyclic) bond motifs is 5. The molecule has 93 heavy (non-hydrogen) atoms. The van der Waals surface area contributed by atoms with Crippen molar-refractivity contribution in [3.63, 3.8) is 0 Å². The number of halogens is 3. The second-order valence-electron chi connectivity index (χ2n) is 24.4. The number of aromatic amines is 3. The minimum Gasteiger partial charge on any atom is -0.478 e. The summed E-state index contributed by atoms with van der Waals surface area (Å²) < 4.78 is 15.0. The molecule has 5 aliphatic rings. The number of hydrogen-bond donors (Lipinski definition) is 6. The van der Waals surface area contributed by atoms with E-state index in [-0.39, 0.29) is 11.9 Å². The Kier molecular flexibility index (Phi) is 24.4. The normalized spacial score (nSPS) is 15.4.